The third-order valence-electron chi connectivity index (χ3n) is 2.94. The van der Waals surface area contributed by atoms with Crippen molar-refractivity contribution in [1.82, 2.24) is 5.06 Å². The van der Waals surface area contributed by atoms with E-state index in [9.17, 15) is 4.79 Å². The topological polar surface area (TPSA) is 86.9 Å². The molecule has 0 saturated carbocycles. The smallest absolute Gasteiger partial charge is 0.398 e. The molecule has 2 rings (SSSR count). The Morgan fingerprint density at radius 2 is 2.18 bits per heavy atom. The summed E-state index contributed by atoms with van der Waals surface area (Å²) < 4.78 is 0. The van der Waals surface area contributed by atoms with Crippen molar-refractivity contribution < 1.29 is 14.5 Å². The quantitative estimate of drug-likeness (QED) is 0.681. The van der Waals surface area contributed by atoms with E-state index in [4.69, 9.17) is 10.1 Å². The first-order chi connectivity index (χ1) is 10.7. The van der Waals surface area contributed by atoms with Gasteiger partial charge in [-0.25, -0.2) is 4.79 Å². The van der Waals surface area contributed by atoms with E-state index >= 15 is 0 Å². The normalized spacial score (nSPS) is 15.5. The van der Waals surface area contributed by atoms with E-state index < -0.39 is 6.09 Å². The highest BCUT2D eigenvalue weighted by molar-refractivity contribution is 6.11. The molecule has 1 N–H and O–H groups in total. The summed E-state index contributed by atoms with van der Waals surface area (Å²) in [5.74, 6) is 0. The molecule has 1 amide bonds. The van der Waals surface area contributed by atoms with Gasteiger partial charge in [0.05, 0.1) is 6.54 Å². The first-order valence-corrected chi connectivity index (χ1v) is 6.72. The Bertz CT molecular complexity index is 619. The van der Waals surface area contributed by atoms with Crippen LogP contribution in [-0.4, -0.2) is 37.1 Å². The second-order valence-corrected chi connectivity index (χ2v) is 4.49. The molecule has 1 aliphatic heterocycles. The minimum Gasteiger partial charge on any atom is -0.398 e. The minimum atomic E-state index is -0.574. The second-order valence-electron chi connectivity index (χ2n) is 4.49. The van der Waals surface area contributed by atoms with Gasteiger partial charge in [0.2, 0.25) is 0 Å². The van der Waals surface area contributed by atoms with Gasteiger partial charge in [-0.05, 0) is 18.6 Å². The van der Waals surface area contributed by atoms with Crippen LogP contribution in [0, 0.1) is 11.3 Å². The molecule has 0 unspecified atom stereocenters. The first kappa shape index (κ1) is 15.5. The maximum absolute atomic E-state index is 11.8. The van der Waals surface area contributed by atoms with Gasteiger partial charge in [-0.3, -0.25) is 5.32 Å². The molecule has 22 heavy (non-hydrogen) atoms. The van der Waals surface area contributed by atoms with Gasteiger partial charge in [0.1, 0.15) is 13.2 Å². The summed E-state index contributed by atoms with van der Waals surface area (Å²) >= 11 is 0. The number of benzene rings is 1. The van der Waals surface area contributed by atoms with Gasteiger partial charge < -0.3 is 9.68 Å². The lowest BCUT2D eigenvalue weighted by atomic mass is 10.1. The van der Waals surface area contributed by atoms with Crippen LogP contribution in [0.3, 0.4) is 0 Å². The molecule has 114 valence electrons. The van der Waals surface area contributed by atoms with E-state index in [0.717, 1.165) is 0 Å². The highest BCUT2D eigenvalue weighted by Gasteiger charge is 2.20. The van der Waals surface area contributed by atoms with Crippen molar-refractivity contribution in [2.24, 2.45) is 5.16 Å². The zero-order valence-corrected chi connectivity index (χ0v) is 12.2. The van der Waals surface area contributed by atoms with Crippen LogP contribution in [0.25, 0.3) is 0 Å². The van der Waals surface area contributed by atoms with Crippen LogP contribution in [0.2, 0.25) is 0 Å². The Balaban J connectivity index is 1.92. The Labute approximate surface area is 128 Å². The van der Waals surface area contributed by atoms with Crippen molar-refractivity contribution in [3.8, 4) is 6.07 Å². The van der Waals surface area contributed by atoms with Crippen molar-refractivity contribution in [2.45, 2.75) is 6.42 Å². The number of para-hydroxylation sites is 1. The van der Waals surface area contributed by atoms with Crippen molar-refractivity contribution in [3.63, 3.8) is 0 Å². The lowest BCUT2D eigenvalue weighted by Crippen LogP contribution is -2.35. The number of nitriles is 1. The number of hydrogen-bond acceptors (Lipinski definition) is 6. The number of oxime groups is 1. The number of hydrogen-bond donors (Lipinski definition) is 1. The number of carbonyl (C=O) groups is 1. The van der Waals surface area contributed by atoms with Crippen molar-refractivity contribution in [1.29, 1.82) is 5.26 Å². The van der Waals surface area contributed by atoms with Crippen LogP contribution in [0.1, 0.15) is 6.42 Å². The van der Waals surface area contributed by atoms with Gasteiger partial charge in [-0.15, -0.1) is 5.06 Å². The maximum Gasteiger partial charge on any atom is 0.430 e. The average molecular weight is 300 g/mol. The third-order valence-corrected chi connectivity index (χ3v) is 2.94. The number of hydroxylamine groups is 2. The Kier molecular flexibility index (Phi) is 5.51. The Morgan fingerprint density at radius 1 is 1.41 bits per heavy atom. The molecule has 0 aliphatic carbocycles. The van der Waals surface area contributed by atoms with Crippen LogP contribution >= 0.6 is 0 Å². The largest absolute Gasteiger partial charge is 0.430 e. The van der Waals surface area contributed by atoms with Gasteiger partial charge in [-0.2, -0.15) is 5.26 Å². The first-order valence-electron chi connectivity index (χ1n) is 6.72. The molecular formula is C15H16N4O3. The van der Waals surface area contributed by atoms with Crippen molar-refractivity contribution in [2.75, 3.05) is 25.5 Å². The second kappa shape index (κ2) is 7.81. The van der Waals surface area contributed by atoms with E-state index in [0.29, 0.717) is 24.2 Å². The third kappa shape index (κ3) is 4.33. The van der Waals surface area contributed by atoms with Crippen LogP contribution in [-0.2, 0) is 9.68 Å². The SMILES string of the molecule is CO/N=C(/C#N)C1=CCCN(OC(=O)Nc2ccccc2)C1. The molecule has 1 aromatic rings. The molecule has 0 fully saturated rings. The van der Waals surface area contributed by atoms with Gasteiger partial charge in [0.15, 0.2) is 5.71 Å². The molecule has 1 heterocycles. The summed E-state index contributed by atoms with van der Waals surface area (Å²) in [6.45, 7) is 0.843. The molecule has 0 spiro atoms. The van der Waals surface area contributed by atoms with E-state index in [2.05, 4.69) is 15.3 Å². The number of nitrogens with one attached hydrogen (secondary N) is 1. The van der Waals surface area contributed by atoms with E-state index in [1.807, 2.05) is 30.3 Å². The number of rotatable bonds is 4. The van der Waals surface area contributed by atoms with Gasteiger partial charge in [-0.1, -0.05) is 29.4 Å². The zero-order chi connectivity index (χ0) is 15.8. The molecule has 0 bridgehead atoms. The van der Waals surface area contributed by atoms with Crippen LogP contribution in [0.15, 0.2) is 47.1 Å². The van der Waals surface area contributed by atoms with Crippen LogP contribution in [0.4, 0.5) is 10.5 Å². The fourth-order valence-electron chi connectivity index (χ4n) is 1.99. The lowest BCUT2D eigenvalue weighted by molar-refractivity contribution is -0.0872. The summed E-state index contributed by atoms with van der Waals surface area (Å²) in [6, 6.07) is 11.0. The average Bonchev–Trinajstić information content (AvgIpc) is 2.53. The van der Waals surface area contributed by atoms with Crippen molar-refractivity contribution >= 4 is 17.5 Å². The summed E-state index contributed by atoms with van der Waals surface area (Å²) in [6.07, 6.45) is 1.96. The molecule has 0 saturated heterocycles. The number of anilines is 1. The molecule has 0 radical (unpaired) electrons. The van der Waals surface area contributed by atoms with Crippen molar-refractivity contribution in [3.05, 3.63) is 42.0 Å². The number of nitrogens with zero attached hydrogens (tertiary/aromatic N) is 3. The standard InChI is InChI=1S/C15H16N4O3/c1-21-18-14(10-16)12-6-5-9-19(11-12)22-15(20)17-13-7-3-2-4-8-13/h2-4,6-8H,5,9,11H2,1H3,(H,17,20)/b18-14-. The van der Waals surface area contributed by atoms with Crippen LogP contribution < -0.4 is 5.32 Å². The maximum atomic E-state index is 11.8. The molecule has 7 nitrogen and oxygen atoms in total. The Hall–Kier alpha value is -2.85. The van der Waals surface area contributed by atoms with E-state index in [1.54, 1.807) is 12.1 Å². The number of amides is 1. The lowest BCUT2D eigenvalue weighted by Gasteiger charge is -2.24. The van der Waals surface area contributed by atoms with E-state index in [-0.39, 0.29) is 12.3 Å². The number of carbonyl (C=O) groups excluding carboxylic acids is 1. The zero-order valence-electron chi connectivity index (χ0n) is 12.2. The van der Waals surface area contributed by atoms with Crippen LogP contribution in [0.5, 0.6) is 0 Å². The van der Waals surface area contributed by atoms with E-state index in [1.165, 1.54) is 12.2 Å². The highest BCUT2D eigenvalue weighted by atomic mass is 16.7. The van der Waals surface area contributed by atoms with Gasteiger partial charge >= 0.3 is 6.09 Å². The molecule has 0 aromatic heterocycles. The molecule has 7 heteroatoms. The molecular weight excluding hydrogens is 284 g/mol. The molecule has 1 aromatic carbocycles. The molecule has 1 aliphatic rings. The fourth-order valence-corrected chi connectivity index (χ4v) is 1.99. The fraction of sp³-hybridized carbons (Fsp3) is 0.267. The predicted octanol–water partition coefficient (Wildman–Crippen LogP) is 2.31. The Morgan fingerprint density at radius 3 is 2.86 bits per heavy atom. The summed E-state index contributed by atoms with van der Waals surface area (Å²) in [5.41, 5.74) is 1.50. The highest BCUT2D eigenvalue weighted by Crippen LogP contribution is 2.13. The summed E-state index contributed by atoms with van der Waals surface area (Å²) in [4.78, 5) is 21.7. The summed E-state index contributed by atoms with van der Waals surface area (Å²) in [7, 11) is 1.38. The molecule has 0 atom stereocenters. The van der Waals surface area contributed by atoms with Gasteiger partial charge in [0, 0.05) is 17.8 Å². The predicted molar refractivity (Wildman–Crippen MR) is 80.9 cm³/mol. The van der Waals surface area contributed by atoms with Gasteiger partial charge in [0.25, 0.3) is 0 Å². The monoisotopic (exact) mass is 300 g/mol. The minimum absolute atomic E-state index is 0.180. The summed E-state index contributed by atoms with van der Waals surface area (Å²) in [5, 5.41) is 16.8.